The second kappa shape index (κ2) is 7.63. The van der Waals surface area contributed by atoms with Gasteiger partial charge in [-0.3, -0.25) is 9.69 Å². The molecule has 4 nitrogen and oxygen atoms in total. The van der Waals surface area contributed by atoms with Crippen molar-refractivity contribution in [3.63, 3.8) is 0 Å². The Morgan fingerprint density at radius 1 is 1.38 bits per heavy atom. The summed E-state index contributed by atoms with van der Waals surface area (Å²) in [5.41, 5.74) is 5.71. The Labute approximate surface area is 99.6 Å². The van der Waals surface area contributed by atoms with E-state index in [1.54, 1.807) is 0 Å². The first-order valence-electron chi connectivity index (χ1n) is 6.14. The fourth-order valence-electron chi connectivity index (χ4n) is 1.68. The lowest BCUT2D eigenvalue weighted by Crippen LogP contribution is -2.48. The smallest absolute Gasteiger partial charge is 0.237 e. The number of amides is 1. The van der Waals surface area contributed by atoms with Gasteiger partial charge in [0.25, 0.3) is 0 Å². The van der Waals surface area contributed by atoms with Gasteiger partial charge in [0.05, 0.1) is 6.04 Å². The predicted octanol–water partition coefficient (Wildman–Crippen LogP) is 0.959. The summed E-state index contributed by atoms with van der Waals surface area (Å²) in [7, 11) is 1.93. The lowest BCUT2D eigenvalue weighted by atomic mass is 10.1. The molecular weight excluding hydrogens is 202 g/mol. The van der Waals surface area contributed by atoms with Gasteiger partial charge in [0.1, 0.15) is 0 Å². The molecule has 0 fully saturated rings. The molecule has 16 heavy (non-hydrogen) atoms. The molecule has 0 aliphatic carbocycles. The second-order valence-corrected chi connectivity index (χ2v) is 4.79. The van der Waals surface area contributed by atoms with E-state index in [2.05, 4.69) is 12.2 Å². The van der Waals surface area contributed by atoms with Crippen molar-refractivity contribution < 1.29 is 4.79 Å². The van der Waals surface area contributed by atoms with Crippen molar-refractivity contribution in [1.29, 1.82) is 0 Å². The minimum Gasteiger partial charge on any atom is -0.352 e. The Bertz CT molecular complexity index is 206. The fourth-order valence-corrected chi connectivity index (χ4v) is 1.68. The van der Waals surface area contributed by atoms with Gasteiger partial charge < -0.3 is 11.1 Å². The Kier molecular flexibility index (Phi) is 7.34. The van der Waals surface area contributed by atoms with E-state index in [0.29, 0.717) is 0 Å². The van der Waals surface area contributed by atoms with Gasteiger partial charge >= 0.3 is 0 Å². The van der Waals surface area contributed by atoms with Gasteiger partial charge in [-0.2, -0.15) is 0 Å². The van der Waals surface area contributed by atoms with Gasteiger partial charge in [-0.05, 0) is 34.2 Å². The highest BCUT2D eigenvalue weighted by atomic mass is 16.2. The second-order valence-electron chi connectivity index (χ2n) is 4.79. The molecule has 4 heteroatoms. The van der Waals surface area contributed by atoms with Crippen molar-refractivity contribution in [1.82, 2.24) is 10.2 Å². The van der Waals surface area contributed by atoms with Gasteiger partial charge in [0.15, 0.2) is 0 Å². The van der Waals surface area contributed by atoms with Gasteiger partial charge in [-0.25, -0.2) is 0 Å². The molecule has 0 aromatic rings. The average molecular weight is 229 g/mol. The Hall–Kier alpha value is -0.610. The van der Waals surface area contributed by atoms with Crippen LogP contribution in [0.15, 0.2) is 0 Å². The van der Waals surface area contributed by atoms with E-state index in [1.807, 2.05) is 32.7 Å². The third-order valence-corrected chi connectivity index (χ3v) is 2.73. The monoisotopic (exact) mass is 229 g/mol. The van der Waals surface area contributed by atoms with E-state index in [4.69, 9.17) is 5.73 Å². The maximum Gasteiger partial charge on any atom is 0.237 e. The van der Waals surface area contributed by atoms with Crippen molar-refractivity contribution in [2.45, 2.75) is 58.7 Å². The molecule has 0 bridgehead atoms. The summed E-state index contributed by atoms with van der Waals surface area (Å²) in [6.07, 6.45) is 2.11. The van der Waals surface area contributed by atoms with Crippen molar-refractivity contribution in [3.05, 3.63) is 0 Å². The number of likely N-dealkylation sites (N-methyl/N-ethyl adjacent to an activating group) is 1. The zero-order chi connectivity index (χ0) is 12.7. The van der Waals surface area contributed by atoms with Crippen LogP contribution in [-0.2, 0) is 4.79 Å². The molecule has 0 aliphatic rings. The van der Waals surface area contributed by atoms with Gasteiger partial charge in [-0.15, -0.1) is 0 Å². The number of hydrogen-bond donors (Lipinski definition) is 2. The summed E-state index contributed by atoms with van der Waals surface area (Å²) < 4.78 is 0. The molecule has 0 aliphatic heterocycles. The Morgan fingerprint density at radius 3 is 2.38 bits per heavy atom. The zero-order valence-corrected chi connectivity index (χ0v) is 11.3. The van der Waals surface area contributed by atoms with Crippen LogP contribution in [0.25, 0.3) is 0 Å². The molecule has 3 atom stereocenters. The minimum atomic E-state index is -0.120. The van der Waals surface area contributed by atoms with Crippen molar-refractivity contribution in [2.24, 2.45) is 5.73 Å². The van der Waals surface area contributed by atoms with E-state index in [0.717, 1.165) is 19.4 Å². The third-order valence-electron chi connectivity index (χ3n) is 2.73. The topological polar surface area (TPSA) is 58.4 Å². The maximum absolute atomic E-state index is 11.9. The molecule has 0 heterocycles. The summed E-state index contributed by atoms with van der Waals surface area (Å²) in [4.78, 5) is 13.8. The summed E-state index contributed by atoms with van der Waals surface area (Å²) in [6.45, 7) is 8.75. The number of nitrogens with zero attached hydrogens (tertiary/aromatic N) is 1. The average Bonchev–Trinajstić information content (AvgIpc) is 2.15. The van der Waals surface area contributed by atoms with E-state index in [1.165, 1.54) is 0 Å². The van der Waals surface area contributed by atoms with Crippen LogP contribution >= 0.6 is 0 Å². The van der Waals surface area contributed by atoms with Crippen LogP contribution in [-0.4, -0.2) is 42.5 Å². The SMILES string of the molecule is CCCC(C)NC(=O)C(C)N(C)CC(C)N. The number of nitrogens with two attached hydrogens (primary N) is 1. The van der Waals surface area contributed by atoms with Crippen LogP contribution in [0.3, 0.4) is 0 Å². The lowest BCUT2D eigenvalue weighted by molar-refractivity contribution is -0.126. The standard InChI is InChI=1S/C12H27N3O/c1-6-7-10(3)14-12(16)11(4)15(5)8-9(2)13/h9-11H,6-8,13H2,1-5H3,(H,14,16). The number of carbonyl (C=O) groups excluding carboxylic acids is 1. The van der Waals surface area contributed by atoms with Crippen LogP contribution in [0.2, 0.25) is 0 Å². The van der Waals surface area contributed by atoms with Crippen LogP contribution in [0.1, 0.15) is 40.5 Å². The highest BCUT2D eigenvalue weighted by molar-refractivity contribution is 5.81. The lowest BCUT2D eigenvalue weighted by Gasteiger charge is -2.26. The molecule has 0 saturated carbocycles. The van der Waals surface area contributed by atoms with Crippen LogP contribution in [0.4, 0.5) is 0 Å². The van der Waals surface area contributed by atoms with E-state index in [9.17, 15) is 4.79 Å². The number of carbonyl (C=O) groups is 1. The molecule has 0 aromatic carbocycles. The highest BCUT2D eigenvalue weighted by Gasteiger charge is 2.19. The van der Waals surface area contributed by atoms with Crippen molar-refractivity contribution in [3.8, 4) is 0 Å². The predicted molar refractivity (Wildman–Crippen MR) is 68.3 cm³/mol. The Balaban J connectivity index is 4.06. The van der Waals surface area contributed by atoms with E-state index < -0.39 is 0 Å². The van der Waals surface area contributed by atoms with Crippen LogP contribution < -0.4 is 11.1 Å². The highest BCUT2D eigenvalue weighted by Crippen LogP contribution is 2.00. The summed E-state index contributed by atoms with van der Waals surface area (Å²) in [6, 6.07) is 0.224. The van der Waals surface area contributed by atoms with Gasteiger partial charge in [0, 0.05) is 18.6 Å². The summed E-state index contributed by atoms with van der Waals surface area (Å²) in [5.74, 6) is 0.0871. The molecule has 0 radical (unpaired) electrons. The maximum atomic E-state index is 11.9. The van der Waals surface area contributed by atoms with Crippen molar-refractivity contribution >= 4 is 5.91 Å². The van der Waals surface area contributed by atoms with Crippen LogP contribution in [0, 0.1) is 0 Å². The minimum absolute atomic E-state index is 0.0871. The normalized spacial score (nSPS) is 16.9. The first-order chi connectivity index (χ1) is 7.38. The molecule has 0 aromatic heterocycles. The number of rotatable bonds is 7. The summed E-state index contributed by atoms with van der Waals surface area (Å²) in [5, 5.41) is 3.01. The van der Waals surface area contributed by atoms with E-state index >= 15 is 0 Å². The summed E-state index contributed by atoms with van der Waals surface area (Å²) >= 11 is 0. The fraction of sp³-hybridized carbons (Fsp3) is 0.917. The molecule has 3 N–H and O–H groups in total. The van der Waals surface area contributed by atoms with Crippen LogP contribution in [0.5, 0.6) is 0 Å². The molecule has 96 valence electrons. The quantitative estimate of drug-likeness (QED) is 0.683. The number of hydrogen-bond acceptors (Lipinski definition) is 3. The van der Waals surface area contributed by atoms with E-state index in [-0.39, 0.29) is 24.0 Å². The first kappa shape index (κ1) is 15.4. The van der Waals surface area contributed by atoms with Crippen molar-refractivity contribution in [2.75, 3.05) is 13.6 Å². The van der Waals surface area contributed by atoms with Gasteiger partial charge in [-0.1, -0.05) is 13.3 Å². The molecular formula is C12H27N3O. The third kappa shape index (κ3) is 6.08. The van der Waals surface area contributed by atoms with Gasteiger partial charge in [0.2, 0.25) is 5.91 Å². The molecule has 0 rings (SSSR count). The largest absolute Gasteiger partial charge is 0.352 e. The number of nitrogens with one attached hydrogen (secondary N) is 1. The first-order valence-corrected chi connectivity index (χ1v) is 6.14. The molecule has 0 spiro atoms. The molecule has 0 saturated heterocycles. The zero-order valence-electron chi connectivity index (χ0n) is 11.3. The molecule has 3 unspecified atom stereocenters. The Morgan fingerprint density at radius 2 is 1.94 bits per heavy atom. The molecule has 1 amide bonds.